The van der Waals surface area contributed by atoms with Crippen LogP contribution in [-0.4, -0.2) is 23.5 Å². The number of urea groups is 1. The van der Waals surface area contributed by atoms with Crippen LogP contribution in [0.5, 0.6) is 0 Å². The van der Waals surface area contributed by atoms with Gasteiger partial charge in [0.1, 0.15) is 0 Å². The SMILES string of the molecule is C=CC1=C(C=C)[C@H](C(C)C)N(C(N)=O)CC1. The summed E-state index contributed by atoms with van der Waals surface area (Å²) >= 11 is 0. The highest BCUT2D eigenvalue weighted by Crippen LogP contribution is 2.29. The molecule has 0 radical (unpaired) electrons. The molecule has 0 spiro atoms. The minimum Gasteiger partial charge on any atom is -0.351 e. The third kappa shape index (κ3) is 2.18. The first-order valence-electron chi connectivity index (χ1n) is 5.56. The molecule has 3 nitrogen and oxygen atoms in total. The zero-order valence-electron chi connectivity index (χ0n) is 10.1. The van der Waals surface area contributed by atoms with Gasteiger partial charge >= 0.3 is 6.03 Å². The van der Waals surface area contributed by atoms with Crippen molar-refractivity contribution in [3.8, 4) is 0 Å². The molecule has 2 amide bonds. The van der Waals surface area contributed by atoms with Crippen molar-refractivity contribution >= 4 is 6.03 Å². The molecule has 0 bridgehead atoms. The van der Waals surface area contributed by atoms with Crippen LogP contribution in [0.4, 0.5) is 4.79 Å². The second-order valence-electron chi connectivity index (χ2n) is 4.36. The Balaban J connectivity index is 3.19. The second-order valence-corrected chi connectivity index (χ2v) is 4.36. The minimum atomic E-state index is -0.360. The Morgan fingerprint density at radius 2 is 2.12 bits per heavy atom. The summed E-state index contributed by atoms with van der Waals surface area (Å²) in [5, 5.41) is 0. The lowest BCUT2D eigenvalue weighted by molar-refractivity contribution is 0.173. The lowest BCUT2D eigenvalue weighted by atomic mass is 9.86. The Morgan fingerprint density at radius 1 is 1.50 bits per heavy atom. The first kappa shape index (κ1) is 12.6. The number of primary amides is 1. The van der Waals surface area contributed by atoms with Gasteiger partial charge in [0.15, 0.2) is 0 Å². The lowest BCUT2D eigenvalue weighted by Gasteiger charge is -2.39. The Morgan fingerprint density at radius 3 is 2.50 bits per heavy atom. The van der Waals surface area contributed by atoms with E-state index in [2.05, 4.69) is 27.0 Å². The van der Waals surface area contributed by atoms with E-state index in [4.69, 9.17) is 5.73 Å². The molecule has 1 heterocycles. The Kier molecular flexibility index (Phi) is 3.93. The molecule has 88 valence electrons. The number of nitrogens with two attached hydrogens (primary N) is 1. The second kappa shape index (κ2) is 5.01. The standard InChI is InChI=1S/C13H20N2O/c1-5-10-7-8-15(13(14)16)12(9(3)4)11(10)6-2/h5-6,9,12H,1-2,7-8H2,3-4H3,(H2,14,16)/t12-/m0/s1. The van der Waals surface area contributed by atoms with Gasteiger partial charge in [0.05, 0.1) is 6.04 Å². The van der Waals surface area contributed by atoms with Crippen LogP contribution in [0.1, 0.15) is 20.3 Å². The van der Waals surface area contributed by atoms with Crippen molar-refractivity contribution in [3.05, 3.63) is 36.5 Å². The number of hydrogen-bond acceptors (Lipinski definition) is 1. The number of carbonyl (C=O) groups is 1. The summed E-state index contributed by atoms with van der Waals surface area (Å²) < 4.78 is 0. The van der Waals surface area contributed by atoms with E-state index in [-0.39, 0.29) is 12.1 Å². The third-order valence-corrected chi connectivity index (χ3v) is 3.03. The maximum atomic E-state index is 11.4. The molecule has 2 N–H and O–H groups in total. The molecule has 1 atom stereocenters. The summed E-state index contributed by atoms with van der Waals surface area (Å²) in [5.74, 6) is 0.316. The van der Waals surface area contributed by atoms with Crippen LogP contribution in [0.2, 0.25) is 0 Å². The van der Waals surface area contributed by atoms with Crippen molar-refractivity contribution in [2.45, 2.75) is 26.3 Å². The summed E-state index contributed by atoms with van der Waals surface area (Å²) in [7, 11) is 0. The van der Waals surface area contributed by atoms with Gasteiger partial charge in [-0.2, -0.15) is 0 Å². The molecule has 3 heteroatoms. The molecular weight excluding hydrogens is 200 g/mol. The molecule has 1 aliphatic heterocycles. The average Bonchev–Trinajstić information content (AvgIpc) is 2.26. The maximum absolute atomic E-state index is 11.4. The largest absolute Gasteiger partial charge is 0.351 e. The van der Waals surface area contributed by atoms with Crippen LogP contribution < -0.4 is 5.73 Å². The Bertz CT molecular complexity index is 342. The molecule has 0 unspecified atom stereocenters. The Labute approximate surface area is 97.3 Å². The summed E-state index contributed by atoms with van der Waals surface area (Å²) in [6.07, 6.45) is 4.47. The van der Waals surface area contributed by atoms with Gasteiger partial charge in [-0.05, 0) is 23.5 Å². The van der Waals surface area contributed by atoms with Crippen LogP contribution in [-0.2, 0) is 0 Å². The normalized spacial score (nSPS) is 21.2. The number of rotatable bonds is 3. The third-order valence-electron chi connectivity index (χ3n) is 3.03. The van der Waals surface area contributed by atoms with E-state index in [1.165, 1.54) is 5.57 Å². The summed E-state index contributed by atoms with van der Waals surface area (Å²) in [5.41, 5.74) is 7.65. The van der Waals surface area contributed by atoms with E-state index in [1.807, 2.05) is 12.2 Å². The fraction of sp³-hybridized carbons (Fsp3) is 0.462. The number of nitrogens with zero attached hydrogens (tertiary/aromatic N) is 1. The molecular formula is C13H20N2O. The highest BCUT2D eigenvalue weighted by molar-refractivity contribution is 5.73. The van der Waals surface area contributed by atoms with Crippen molar-refractivity contribution in [1.29, 1.82) is 0 Å². The molecule has 16 heavy (non-hydrogen) atoms. The quantitative estimate of drug-likeness (QED) is 0.780. The van der Waals surface area contributed by atoms with Gasteiger partial charge in [0.25, 0.3) is 0 Å². The van der Waals surface area contributed by atoms with Gasteiger partial charge in [-0.1, -0.05) is 39.2 Å². The molecule has 1 rings (SSSR count). The molecule has 0 aromatic carbocycles. The zero-order chi connectivity index (χ0) is 12.3. The maximum Gasteiger partial charge on any atom is 0.315 e. The highest BCUT2D eigenvalue weighted by Gasteiger charge is 2.31. The first-order valence-corrected chi connectivity index (χ1v) is 5.56. The van der Waals surface area contributed by atoms with Crippen LogP contribution in [0.25, 0.3) is 0 Å². The number of allylic oxidation sites excluding steroid dienone is 1. The van der Waals surface area contributed by atoms with Gasteiger partial charge < -0.3 is 10.6 Å². The summed E-state index contributed by atoms with van der Waals surface area (Å²) in [6, 6.07) is -0.335. The molecule has 0 saturated heterocycles. The van der Waals surface area contributed by atoms with Crippen molar-refractivity contribution in [3.63, 3.8) is 0 Å². The monoisotopic (exact) mass is 220 g/mol. The van der Waals surface area contributed by atoms with E-state index in [0.29, 0.717) is 12.5 Å². The smallest absolute Gasteiger partial charge is 0.315 e. The first-order chi connectivity index (χ1) is 7.52. The van der Waals surface area contributed by atoms with E-state index in [1.54, 1.807) is 4.90 Å². The van der Waals surface area contributed by atoms with Crippen LogP contribution >= 0.6 is 0 Å². The molecule has 0 aromatic rings. The molecule has 0 aromatic heterocycles. The number of hydrogen-bond donors (Lipinski definition) is 1. The highest BCUT2D eigenvalue weighted by atomic mass is 16.2. The molecule has 0 saturated carbocycles. The van der Waals surface area contributed by atoms with E-state index < -0.39 is 0 Å². The van der Waals surface area contributed by atoms with Crippen molar-refractivity contribution in [2.24, 2.45) is 11.7 Å². The topological polar surface area (TPSA) is 46.3 Å². The minimum absolute atomic E-state index is 0.0248. The van der Waals surface area contributed by atoms with Crippen LogP contribution in [0, 0.1) is 5.92 Å². The van der Waals surface area contributed by atoms with Gasteiger partial charge in [-0.3, -0.25) is 0 Å². The zero-order valence-corrected chi connectivity index (χ0v) is 10.1. The van der Waals surface area contributed by atoms with Crippen molar-refractivity contribution in [1.82, 2.24) is 4.90 Å². The van der Waals surface area contributed by atoms with Gasteiger partial charge in [-0.15, -0.1) is 0 Å². The van der Waals surface area contributed by atoms with E-state index >= 15 is 0 Å². The van der Waals surface area contributed by atoms with Gasteiger partial charge in [0.2, 0.25) is 0 Å². The van der Waals surface area contributed by atoms with Gasteiger partial charge in [-0.25, -0.2) is 4.79 Å². The van der Waals surface area contributed by atoms with Crippen molar-refractivity contribution in [2.75, 3.05) is 6.54 Å². The number of carbonyl (C=O) groups excluding carboxylic acids is 1. The fourth-order valence-electron chi connectivity index (χ4n) is 2.32. The number of amides is 2. The summed E-state index contributed by atoms with van der Waals surface area (Å²) in [4.78, 5) is 13.1. The summed E-state index contributed by atoms with van der Waals surface area (Å²) in [6.45, 7) is 12.5. The average molecular weight is 220 g/mol. The molecule has 0 fully saturated rings. The van der Waals surface area contributed by atoms with Crippen LogP contribution in [0.3, 0.4) is 0 Å². The van der Waals surface area contributed by atoms with Crippen molar-refractivity contribution < 1.29 is 4.79 Å². The lowest BCUT2D eigenvalue weighted by Crippen LogP contribution is -2.49. The van der Waals surface area contributed by atoms with Gasteiger partial charge in [0, 0.05) is 6.54 Å². The van der Waals surface area contributed by atoms with E-state index in [9.17, 15) is 4.79 Å². The molecule has 1 aliphatic rings. The Hall–Kier alpha value is -1.51. The fourth-order valence-corrected chi connectivity index (χ4v) is 2.32. The molecule has 0 aliphatic carbocycles. The predicted molar refractivity (Wildman–Crippen MR) is 67.0 cm³/mol. The van der Waals surface area contributed by atoms with Crippen LogP contribution in [0.15, 0.2) is 36.5 Å². The predicted octanol–water partition coefficient (Wildman–Crippen LogP) is 2.46. The van der Waals surface area contributed by atoms with E-state index in [0.717, 1.165) is 12.0 Å².